The van der Waals surface area contributed by atoms with Gasteiger partial charge in [-0.15, -0.1) is 11.8 Å². The molecule has 2 N–H and O–H groups in total. The maximum atomic E-state index is 5.68. The smallest absolute Gasteiger partial charge is 0.117 e. The number of thioether (sulfide) groups is 1. The molecule has 3 aromatic rings. The van der Waals surface area contributed by atoms with E-state index >= 15 is 0 Å². The summed E-state index contributed by atoms with van der Waals surface area (Å²) in [6.07, 6.45) is 1.62. The minimum atomic E-state index is 0.793. The van der Waals surface area contributed by atoms with Crippen LogP contribution in [0, 0.1) is 0 Å². The van der Waals surface area contributed by atoms with Crippen molar-refractivity contribution in [2.45, 2.75) is 10.8 Å². The van der Waals surface area contributed by atoms with Crippen LogP contribution in [-0.2, 0) is 5.75 Å². The maximum absolute atomic E-state index is 5.68. The summed E-state index contributed by atoms with van der Waals surface area (Å²) in [5, 5.41) is 2.12. The van der Waals surface area contributed by atoms with Gasteiger partial charge in [-0.1, -0.05) is 30.3 Å². The summed E-state index contributed by atoms with van der Waals surface area (Å²) in [7, 11) is 0. The van der Waals surface area contributed by atoms with Crippen molar-refractivity contribution in [2.24, 2.45) is 0 Å². The SMILES string of the molecule is Nc1ccc(CSc2ncnc3ccccc23)cc1. The third-order valence-electron chi connectivity index (χ3n) is 2.86. The van der Waals surface area contributed by atoms with E-state index in [0.29, 0.717) is 0 Å². The van der Waals surface area contributed by atoms with Gasteiger partial charge in [0, 0.05) is 16.8 Å². The van der Waals surface area contributed by atoms with Crippen molar-refractivity contribution < 1.29 is 0 Å². The molecule has 0 atom stereocenters. The number of nitrogens with zero attached hydrogens (tertiary/aromatic N) is 2. The molecule has 0 amide bonds. The number of para-hydroxylation sites is 1. The van der Waals surface area contributed by atoms with E-state index in [-0.39, 0.29) is 0 Å². The number of fused-ring (bicyclic) bond motifs is 1. The Kier molecular flexibility index (Phi) is 3.33. The molecule has 0 aliphatic carbocycles. The van der Waals surface area contributed by atoms with Gasteiger partial charge in [0.2, 0.25) is 0 Å². The number of nitrogen functional groups attached to an aromatic ring is 1. The van der Waals surface area contributed by atoms with Crippen molar-refractivity contribution in [3.05, 3.63) is 60.4 Å². The second kappa shape index (κ2) is 5.28. The van der Waals surface area contributed by atoms with E-state index in [1.165, 1.54) is 5.56 Å². The summed E-state index contributed by atoms with van der Waals surface area (Å²) in [6.45, 7) is 0. The zero-order valence-electron chi connectivity index (χ0n) is 10.3. The van der Waals surface area contributed by atoms with Crippen molar-refractivity contribution in [3.63, 3.8) is 0 Å². The van der Waals surface area contributed by atoms with Gasteiger partial charge in [0.1, 0.15) is 11.4 Å². The quantitative estimate of drug-likeness (QED) is 0.448. The lowest BCUT2D eigenvalue weighted by molar-refractivity contribution is 1.10. The number of hydrogen-bond acceptors (Lipinski definition) is 4. The van der Waals surface area contributed by atoms with E-state index in [9.17, 15) is 0 Å². The van der Waals surface area contributed by atoms with Crippen LogP contribution in [0.15, 0.2) is 59.9 Å². The first kappa shape index (κ1) is 12.0. The molecule has 1 aromatic heterocycles. The molecule has 0 aliphatic rings. The van der Waals surface area contributed by atoms with Crippen LogP contribution >= 0.6 is 11.8 Å². The van der Waals surface area contributed by atoms with Crippen LogP contribution < -0.4 is 5.73 Å². The standard InChI is InChI=1S/C15H13N3S/c16-12-7-5-11(6-8-12)9-19-15-13-3-1-2-4-14(13)17-10-18-15/h1-8,10H,9,16H2. The summed E-state index contributed by atoms with van der Waals surface area (Å²) in [5.74, 6) is 0.876. The predicted molar refractivity (Wildman–Crippen MR) is 80.0 cm³/mol. The van der Waals surface area contributed by atoms with Gasteiger partial charge in [-0.25, -0.2) is 9.97 Å². The number of hydrogen-bond donors (Lipinski definition) is 1. The average molecular weight is 267 g/mol. The van der Waals surface area contributed by atoms with Crippen molar-refractivity contribution in [2.75, 3.05) is 5.73 Å². The van der Waals surface area contributed by atoms with Gasteiger partial charge in [0.05, 0.1) is 5.52 Å². The third kappa shape index (κ3) is 2.69. The van der Waals surface area contributed by atoms with Crippen molar-refractivity contribution in [1.82, 2.24) is 9.97 Å². The zero-order chi connectivity index (χ0) is 13.1. The summed E-state index contributed by atoms with van der Waals surface area (Å²) < 4.78 is 0. The molecule has 0 radical (unpaired) electrons. The van der Waals surface area contributed by atoms with E-state index in [4.69, 9.17) is 5.73 Å². The van der Waals surface area contributed by atoms with Gasteiger partial charge in [-0.05, 0) is 23.8 Å². The number of aromatic nitrogens is 2. The summed E-state index contributed by atoms with van der Waals surface area (Å²) in [6, 6.07) is 16.0. The van der Waals surface area contributed by atoms with E-state index in [1.807, 2.05) is 42.5 Å². The lowest BCUT2D eigenvalue weighted by atomic mass is 10.2. The highest BCUT2D eigenvalue weighted by atomic mass is 32.2. The van der Waals surface area contributed by atoms with E-state index in [0.717, 1.165) is 27.4 Å². The second-order valence-electron chi connectivity index (χ2n) is 4.23. The van der Waals surface area contributed by atoms with Crippen molar-refractivity contribution in [1.29, 1.82) is 0 Å². The van der Waals surface area contributed by atoms with Crippen LogP contribution in [0.5, 0.6) is 0 Å². The Morgan fingerprint density at radius 3 is 2.58 bits per heavy atom. The maximum Gasteiger partial charge on any atom is 0.117 e. The van der Waals surface area contributed by atoms with Crippen LogP contribution in [0.25, 0.3) is 10.9 Å². The fraction of sp³-hybridized carbons (Fsp3) is 0.0667. The molecule has 0 bridgehead atoms. The van der Waals surface area contributed by atoms with Gasteiger partial charge in [-0.3, -0.25) is 0 Å². The topological polar surface area (TPSA) is 51.8 Å². The third-order valence-corrected chi connectivity index (χ3v) is 3.94. The lowest BCUT2D eigenvalue weighted by Crippen LogP contribution is -1.88. The van der Waals surface area contributed by atoms with Gasteiger partial charge >= 0.3 is 0 Å². The Morgan fingerprint density at radius 1 is 0.947 bits per heavy atom. The van der Waals surface area contributed by atoms with Crippen molar-refractivity contribution in [3.8, 4) is 0 Å². The van der Waals surface area contributed by atoms with Crippen LogP contribution in [0.4, 0.5) is 5.69 Å². The van der Waals surface area contributed by atoms with Gasteiger partial charge in [0.25, 0.3) is 0 Å². The fourth-order valence-electron chi connectivity index (χ4n) is 1.86. The summed E-state index contributed by atoms with van der Waals surface area (Å²) in [4.78, 5) is 8.63. The Balaban J connectivity index is 1.84. The number of benzene rings is 2. The van der Waals surface area contributed by atoms with Crippen LogP contribution in [0.1, 0.15) is 5.56 Å². The second-order valence-corrected chi connectivity index (χ2v) is 5.19. The largest absolute Gasteiger partial charge is 0.399 e. The molecule has 0 fully saturated rings. The molecular formula is C15H13N3S. The molecule has 0 saturated carbocycles. The Morgan fingerprint density at radius 2 is 1.74 bits per heavy atom. The number of nitrogens with two attached hydrogens (primary N) is 1. The van der Waals surface area contributed by atoms with Crippen LogP contribution in [-0.4, -0.2) is 9.97 Å². The summed E-state index contributed by atoms with van der Waals surface area (Å²) in [5.41, 5.74) is 8.70. The lowest BCUT2D eigenvalue weighted by Gasteiger charge is -2.05. The molecule has 1 heterocycles. The normalized spacial score (nSPS) is 10.7. The first-order valence-corrected chi connectivity index (χ1v) is 6.98. The molecule has 4 heteroatoms. The fourth-order valence-corrected chi connectivity index (χ4v) is 2.81. The molecular weight excluding hydrogens is 254 g/mol. The summed E-state index contributed by atoms with van der Waals surface area (Å²) >= 11 is 1.72. The number of rotatable bonds is 3. The molecule has 0 aliphatic heterocycles. The minimum Gasteiger partial charge on any atom is -0.399 e. The highest BCUT2D eigenvalue weighted by Gasteiger charge is 2.04. The average Bonchev–Trinajstić information content (AvgIpc) is 2.47. The first-order chi connectivity index (χ1) is 9.33. The highest BCUT2D eigenvalue weighted by molar-refractivity contribution is 7.98. The van der Waals surface area contributed by atoms with Crippen LogP contribution in [0.3, 0.4) is 0 Å². The number of anilines is 1. The molecule has 3 rings (SSSR count). The first-order valence-electron chi connectivity index (χ1n) is 6.00. The Hall–Kier alpha value is -2.07. The molecule has 0 spiro atoms. The minimum absolute atomic E-state index is 0.793. The Bertz CT molecular complexity index is 690. The zero-order valence-corrected chi connectivity index (χ0v) is 11.1. The Labute approximate surface area is 115 Å². The van der Waals surface area contributed by atoms with Gasteiger partial charge in [-0.2, -0.15) is 0 Å². The van der Waals surface area contributed by atoms with E-state index in [2.05, 4.69) is 16.0 Å². The van der Waals surface area contributed by atoms with Crippen LogP contribution in [0.2, 0.25) is 0 Å². The molecule has 0 unspecified atom stereocenters. The monoisotopic (exact) mass is 267 g/mol. The molecule has 3 nitrogen and oxygen atoms in total. The van der Waals surface area contributed by atoms with E-state index < -0.39 is 0 Å². The molecule has 94 valence electrons. The highest BCUT2D eigenvalue weighted by Crippen LogP contribution is 2.27. The van der Waals surface area contributed by atoms with E-state index in [1.54, 1.807) is 18.1 Å². The molecule has 0 saturated heterocycles. The molecule has 2 aromatic carbocycles. The molecule has 19 heavy (non-hydrogen) atoms. The van der Waals surface area contributed by atoms with Gasteiger partial charge in [0.15, 0.2) is 0 Å². The predicted octanol–water partition coefficient (Wildman–Crippen LogP) is 3.50. The van der Waals surface area contributed by atoms with Crippen molar-refractivity contribution >= 4 is 28.4 Å². The van der Waals surface area contributed by atoms with Gasteiger partial charge < -0.3 is 5.73 Å².